The highest BCUT2D eigenvalue weighted by atomic mass is 16.3. The fourth-order valence-corrected chi connectivity index (χ4v) is 1.97. The molecule has 0 saturated carbocycles. The van der Waals surface area contributed by atoms with Crippen molar-refractivity contribution in [3.05, 3.63) is 0 Å². The van der Waals surface area contributed by atoms with E-state index < -0.39 is 0 Å². The van der Waals surface area contributed by atoms with Gasteiger partial charge in [-0.3, -0.25) is 0 Å². The van der Waals surface area contributed by atoms with Gasteiger partial charge < -0.3 is 14.9 Å². The summed E-state index contributed by atoms with van der Waals surface area (Å²) in [5.41, 5.74) is -0.00312. The van der Waals surface area contributed by atoms with E-state index >= 15 is 0 Å². The molecule has 1 heterocycles. The average molecular weight is 214 g/mol. The van der Waals surface area contributed by atoms with Crippen LogP contribution in [0.2, 0.25) is 0 Å². The van der Waals surface area contributed by atoms with E-state index in [-0.39, 0.29) is 11.5 Å². The Kier molecular flexibility index (Phi) is 4.15. The highest BCUT2D eigenvalue weighted by Gasteiger charge is 2.29. The molecule has 1 aliphatic heterocycles. The number of aliphatic hydroxyl groups is 1. The van der Waals surface area contributed by atoms with Gasteiger partial charge in [0, 0.05) is 25.7 Å². The van der Waals surface area contributed by atoms with E-state index in [1.807, 2.05) is 0 Å². The van der Waals surface area contributed by atoms with Gasteiger partial charge in [-0.1, -0.05) is 20.8 Å². The molecule has 90 valence electrons. The molecule has 0 aromatic heterocycles. The van der Waals surface area contributed by atoms with Gasteiger partial charge in [0.25, 0.3) is 0 Å². The summed E-state index contributed by atoms with van der Waals surface area (Å²) in [6.45, 7) is 9.62. The van der Waals surface area contributed by atoms with E-state index in [0.29, 0.717) is 6.04 Å². The second-order valence-electron chi connectivity index (χ2n) is 6.01. The van der Waals surface area contributed by atoms with E-state index in [4.69, 9.17) is 0 Å². The predicted molar refractivity (Wildman–Crippen MR) is 64.0 cm³/mol. The molecule has 1 N–H and O–H groups in total. The number of nitrogens with zero attached hydrogens (tertiary/aromatic N) is 2. The average Bonchev–Trinajstić information content (AvgIpc) is 2.09. The third-order valence-corrected chi connectivity index (χ3v) is 3.48. The van der Waals surface area contributed by atoms with Crippen molar-refractivity contribution in [1.29, 1.82) is 0 Å². The Morgan fingerprint density at radius 3 is 2.40 bits per heavy atom. The van der Waals surface area contributed by atoms with Crippen LogP contribution in [0, 0.1) is 5.41 Å². The van der Waals surface area contributed by atoms with Gasteiger partial charge in [-0.05, 0) is 25.9 Å². The summed E-state index contributed by atoms with van der Waals surface area (Å²) in [7, 11) is 4.32. The van der Waals surface area contributed by atoms with Crippen LogP contribution in [0.15, 0.2) is 0 Å². The van der Waals surface area contributed by atoms with Gasteiger partial charge in [-0.2, -0.15) is 0 Å². The van der Waals surface area contributed by atoms with Crippen molar-refractivity contribution in [3.8, 4) is 0 Å². The standard InChI is InChI=1S/C12H26N2O/c1-12(2,3)11(15)8-10-9-13(4)6-7-14(10)5/h10-11,15H,6-9H2,1-5H3. The van der Waals surface area contributed by atoms with Crippen LogP contribution in [-0.4, -0.2) is 60.8 Å². The Morgan fingerprint density at radius 1 is 1.27 bits per heavy atom. The number of rotatable bonds is 2. The van der Waals surface area contributed by atoms with Crippen LogP contribution in [0.4, 0.5) is 0 Å². The monoisotopic (exact) mass is 214 g/mol. The number of hydrogen-bond donors (Lipinski definition) is 1. The van der Waals surface area contributed by atoms with Crippen LogP contribution in [0.1, 0.15) is 27.2 Å². The molecular weight excluding hydrogens is 188 g/mol. The molecular formula is C12H26N2O. The first-order chi connectivity index (χ1) is 6.80. The van der Waals surface area contributed by atoms with Crippen LogP contribution in [-0.2, 0) is 0 Å². The van der Waals surface area contributed by atoms with Crippen LogP contribution in [0.5, 0.6) is 0 Å². The van der Waals surface area contributed by atoms with Crippen LogP contribution in [0.3, 0.4) is 0 Å². The zero-order valence-electron chi connectivity index (χ0n) is 10.8. The molecule has 0 radical (unpaired) electrons. The first-order valence-electron chi connectivity index (χ1n) is 5.87. The van der Waals surface area contributed by atoms with Crippen LogP contribution < -0.4 is 0 Å². The lowest BCUT2D eigenvalue weighted by Crippen LogP contribution is -2.51. The largest absolute Gasteiger partial charge is 0.393 e. The highest BCUT2D eigenvalue weighted by molar-refractivity contribution is 4.84. The van der Waals surface area contributed by atoms with Crippen molar-refractivity contribution in [1.82, 2.24) is 9.80 Å². The summed E-state index contributed by atoms with van der Waals surface area (Å²) in [5.74, 6) is 0. The molecule has 1 aliphatic rings. The van der Waals surface area contributed by atoms with Crippen LogP contribution >= 0.6 is 0 Å². The number of likely N-dealkylation sites (N-methyl/N-ethyl adjacent to an activating group) is 2. The topological polar surface area (TPSA) is 26.7 Å². The molecule has 3 heteroatoms. The predicted octanol–water partition coefficient (Wildman–Crippen LogP) is 1.03. The minimum atomic E-state index is -0.212. The molecule has 0 amide bonds. The Labute approximate surface area is 94.1 Å². The molecule has 1 saturated heterocycles. The van der Waals surface area contributed by atoms with Crippen molar-refractivity contribution in [2.75, 3.05) is 33.7 Å². The summed E-state index contributed by atoms with van der Waals surface area (Å²) in [5, 5.41) is 10.1. The Bertz CT molecular complexity index is 200. The van der Waals surface area contributed by atoms with Crippen molar-refractivity contribution in [3.63, 3.8) is 0 Å². The first-order valence-corrected chi connectivity index (χ1v) is 5.87. The zero-order valence-corrected chi connectivity index (χ0v) is 10.8. The lowest BCUT2D eigenvalue weighted by molar-refractivity contribution is 0.0116. The van der Waals surface area contributed by atoms with Crippen molar-refractivity contribution < 1.29 is 5.11 Å². The summed E-state index contributed by atoms with van der Waals surface area (Å²) in [4.78, 5) is 4.72. The molecule has 0 aromatic carbocycles. The minimum absolute atomic E-state index is 0.00312. The smallest absolute Gasteiger partial charge is 0.0603 e. The molecule has 1 rings (SSSR count). The van der Waals surface area contributed by atoms with E-state index in [1.54, 1.807) is 0 Å². The van der Waals surface area contributed by atoms with Crippen molar-refractivity contribution in [2.45, 2.75) is 39.3 Å². The molecule has 0 aromatic rings. The van der Waals surface area contributed by atoms with E-state index in [1.165, 1.54) is 0 Å². The van der Waals surface area contributed by atoms with Crippen molar-refractivity contribution >= 4 is 0 Å². The summed E-state index contributed by atoms with van der Waals surface area (Å²) in [6, 6.07) is 0.498. The maximum absolute atomic E-state index is 10.1. The van der Waals surface area contributed by atoms with Gasteiger partial charge in [0.15, 0.2) is 0 Å². The Hall–Kier alpha value is -0.120. The van der Waals surface area contributed by atoms with Crippen molar-refractivity contribution in [2.24, 2.45) is 5.41 Å². The molecule has 0 spiro atoms. The third-order valence-electron chi connectivity index (χ3n) is 3.48. The zero-order chi connectivity index (χ0) is 11.6. The van der Waals surface area contributed by atoms with Gasteiger partial charge in [0.1, 0.15) is 0 Å². The summed E-state index contributed by atoms with van der Waals surface area (Å²) >= 11 is 0. The third kappa shape index (κ3) is 3.74. The second-order valence-corrected chi connectivity index (χ2v) is 6.01. The molecule has 0 bridgehead atoms. The van der Waals surface area contributed by atoms with Gasteiger partial charge in [-0.15, -0.1) is 0 Å². The lowest BCUT2D eigenvalue weighted by Gasteiger charge is -2.40. The van der Waals surface area contributed by atoms with Gasteiger partial charge in [-0.25, -0.2) is 0 Å². The first kappa shape index (κ1) is 12.9. The molecule has 2 unspecified atom stereocenters. The van der Waals surface area contributed by atoms with E-state index in [0.717, 1.165) is 26.1 Å². The molecule has 3 nitrogen and oxygen atoms in total. The Morgan fingerprint density at radius 2 is 1.87 bits per heavy atom. The molecule has 0 aliphatic carbocycles. The second kappa shape index (κ2) is 4.81. The fraction of sp³-hybridized carbons (Fsp3) is 1.00. The van der Waals surface area contributed by atoms with Crippen LogP contribution in [0.25, 0.3) is 0 Å². The fourth-order valence-electron chi connectivity index (χ4n) is 1.97. The SMILES string of the molecule is CN1CCN(C)C(CC(O)C(C)(C)C)C1. The number of hydrogen-bond acceptors (Lipinski definition) is 3. The number of piperazine rings is 1. The highest BCUT2D eigenvalue weighted by Crippen LogP contribution is 2.24. The van der Waals surface area contributed by atoms with Gasteiger partial charge in [0.2, 0.25) is 0 Å². The van der Waals surface area contributed by atoms with E-state index in [2.05, 4.69) is 44.7 Å². The molecule has 1 fully saturated rings. The van der Waals surface area contributed by atoms with Gasteiger partial charge >= 0.3 is 0 Å². The maximum atomic E-state index is 10.1. The van der Waals surface area contributed by atoms with Gasteiger partial charge in [0.05, 0.1) is 6.10 Å². The van der Waals surface area contributed by atoms with E-state index in [9.17, 15) is 5.11 Å². The molecule has 15 heavy (non-hydrogen) atoms. The minimum Gasteiger partial charge on any atom is -0.393 e. The Balaban J connectivity index is 2.49. The summed E-state index contributed by atoms with van der Waals surface area (Å²) < 4.78 is 0. The lowest BCUT2D eigenvalue weighted by atomic mass is 9.85. The quantitative estimate of drug-likeness (QED) is 0.744. The maximum Gasteiger partial charge on any atom is 0.0603 e. The molecule has 2 atom stereocenters. The summed E-state index contributed by atoms with van der Waals surface area (Å²) in [6.07, 6.45) is 0.668. The number of aliphatic hydroxyl groups excluding tert-OH is 1. The normalized spacial score (nSPS) is 28.0.